The Hall–Kier alpha value is -1.23. The minimum absolute atomic E-state index is 0.486. The first-order valence-electron chi connectivity index (χ1n) is 8.62. The monoisotopic (exact) mass is 390 g/mol. The van der Waals surface area contributed by atoms with Gasteiger partial charge in [-0.15, -0.1) is 11.8 Å². The van der Waals surface area contributed by atoms with E-state index in [1.165, 1.54) is 30.6 Å². The molecule has 0 radical (unpaired) electrons. The molecule has 2 nitrogen and oxygen atoms in total. The van der Waals surface area contributed by atoms with Crippen LogP contribution in [-0.2, 0) is 6.54 Å². The van der Waals surface area contributed by atoms with Gasteiger partial charge in [0.25, 0.3) is 0 Å². The summed E-state index contributed by atoms with van der Waals surface area (Å²) in [6, 6.07) is 16.9. The van der Waals surface area contributed by atoms with Gasteiger partial charge in [-0.2, -0.15) is 0 Å². The van der Waals surface area contributed by atoms with E-state index in [1.807, 2.05) is 18.2 Å². The summed E-state index contributed by atoms with van der Waals surface area (Å²) >= 11 is 13.9. The van der Waals surface area contributed by atoms with Gasteiger partial charge < -0.3 is 10.2 Å². The molecule has 1 N–H and O–H groups in total. The van der Waals surface area contributed by atoms with Crippen molar-refractivity contribution < 1.29 is 0 Å². The highest BCUT2D eigenvalue weighted by Crippen LogP contribution is 2.28. The number of nitrogens with zero attached hydrogens (tertiary/aromatic N) is 1. The molecule has 3 rings (SSSR count). The van der Waals surface area contributed by atoms with E-state index in [0.717, 1.165) is 27.9 Å². The molecule has 0 aromatic heterocycles. The summed E-state index contributed by atoms with van der Waals surface area (Å²) in [5.41, 5.74) is 2.16. The Balaban J connectivity index is 1.78. The van der Waals surface area contributed by atoms with Gasteiger partial charge >= 0.3 is 0 Å². The smallest absolute Gasteiger partial charge is 0.173 e. The van der Waals surface area contributed by atoms with E-state index in [4.69, 9.17) is 23.8 Å². The van der Waals surface area contributed by atoms with E-state index in [1.54, 1.807) is 11.8 Å². The Bertz CT molecular complexity index is 729. The fourth-order valence-electron chi connectivity index (χ4n) is 3.29. The third-order valence-corrected chi connectivity index (χ3v) is 6.08. The van der Waals surface area contributed by atoms with Crippen LogP contribution in [0.2, 0.25) is 5.02 Å². The molecule has 2 aromatic carbocycles. The van der Waals surface area contributed by atoms with Crippen molar-refractivity contribution >= 4 is 46.4 Å². The zero-order chi connectivity index (χ0) is 17.6. The maximum absolute atomic E-state index is 6.39. The average molecular weight is 391 g/mol. The maximum Gasteiger partial charge on any atom is 0.173 e. The second-order valence-corrected chi connectivity index (χ2v) is 7.99. The molecule has 0 atom stereocenters. The molecule has 1 aliphatic rings. The van der Waals surface area contributed by atoms with Crippen molar-refractivity contribution in [2.45, 2.75) is 43.2 Å². The lowest BCUT2D eigenvalue weighted by Gasteiger charge is -2.32. The summed E-state index contributed by atoms with van der Waals surface area (Å²) in [6.45, 7) is 0.748. The predicted octanol–water partition coefficient (Wildman–Crippen LogP) is 6.20. The molecular formula is C20H23ClN2S2. The number of hydrogen-bond donors (Lipinski definition) is 1. The van der Waals surface area contributed by atoms with E-state index in [-0.39, 0.29) is 0 Å². The molecule has 0 spiro atoms. The second-order valence-electron chi connectivity index (χ2n) is 6.32. The molecule has 0 bridgehead atoms. The van der Waals surface area contributed by atoms with Crippen LogP contribution in [0.25, 0.3) is 0 Å². The van der Waals surface area contributed by atoms with Crippen LogP contribution in [0.4, 0.5) is 5.69 Å². The number of rotatable bonds is 5. The highest BCUT2D eigenvalue weighted by molar-refractivity contribution is 7.98. The van der Waals surface area contributed by atoms with E-state index >= 15 is 0 Å². The first kappa shape index (κ1) is 18.6. The third-order valence-electron chi connectivity index (χ3n) is 4.65. The zero-order valence-corrected chi connectivity index (χ0v) is 16.8. The Labute approximate surface area is 164 Å². The second kappa shape index (κ2) is 8.93. The number of thioether (sulfide) groups is 1. The number of anilines is 1. The standard InChI is InChI=1S/C20H23ClN2S2/c1-25-18-11-6-8-16(13-18)22-20(24)23(17-9-3-4-10-17)14-15-7-2-5-12-19(15)21/h2,5-8,11-13,17H,3-4,9-10,14H2,1H3,(H,22,24). The lowest BCUT2D eigenvalue weighted by Crippen LogP contribution is -2.41. The molecule has 0 saturated heterocycles. The summed E-state index contributed by atoms with van der Waals surface area (Å²) in [5.74, 6) is 0. The highest BCUT2D eigenvalue weighted by atomic mass is 35.5. The van der Waals surface area contributed by atoms with Gasteiger partial charge in [0.15, 0.2) is 5.11 Å². The van der Waals surface area contributed by atoms with Crippen molar-refractivity contribution in [3.63, 3.8) is 0 Å². The molecular weight excluding hydrogens is 368 g/mol. The highest BCUT2D eigenvalue weighted by Gasteiger charge is 2.25. The van der Waals surface area contributed by atoms with Gasteiger partial charge in [-0.3, -0.25) is 0 Å². The first-order valence-corrected chi connectivity index (χ1v) is 10.6. The molecule has 2 aromatic rings. The SMILES string of the molecule is CSc1cccc(NC(=S)N(Cc2ccccc2Cl)C2CCCC2)c1. The summed E-state index contributed by atoms with van der Waals surface area (Å²) < 4.78 is 0. The van der Waals surface area contributed by atoms with Crippen LogP contribution >= 0.6 is 35.6 Å². The van der Waals surface area contributed by atoms with Crippen molar-refractivity contribution in [1.82, 2.24) is 4.90 Å². The largest absolute Gasteiger partial charge is 0.342 e. The third kappa shape index (κ3) is 4.90. The van der Waals surface area contributed by atoms with Crippen LogP contribution < -0.4 is 5.32 Å². The summed E-state index contributed by atoms with van der Waals surface area (Å²) in [6.07, 6.45) is 7.01. The predicted molar refractivity (Wildman–Crippen MR) is 114 cm³/mol. The Morgan fingerprint density at radius 2 is 1.96 bits per heavy atom. The average Bonchev–Trinajstić information content (AvgIpc) is 3.15. The fraction of sp³-hybridized carbons (Fsp3) is 0.350. The van der Waals surface area contributed by atoms with Crippen LogP contribution in [0.3, 0.4) is 0 Å². The van der Waals surface area contributed by atoms with Gasteiger partial charge in [-0.05, 0) is 61.1 Å². The summed E-state index contributed by atoms with van der Waals surface area (Å²) in [5, 5.41) is 5.02. The molecule has 25 heavy (non-hydrogen) atoms. The molecule has 1 aliphatic carbocycles. The Morgan fingerprint density at radius 3 is 2.68 bits per heavy atom. The Morgan fingerprint density at radius 1 is 1.20 bits per heavy atom. The van der Waals surface area contributed by atoms with Gasteiger partial charge in [0, 0.05) is 28.2 Å². The fourth-order valence-corrected chi connectivity index (χ4v) is 4.28. The first-order chi connectivity index (χ1) is 12.2. The van der Waals surface area contributed by atoms with Crippen molar-refractivity contribution in [3.8, 4) is 0 Å². The lowest BCUT2D eigenvalue weighted by molar-refractivity contribution is 0.312. The zero-order valence-electron chi connectivity index (χ0n) is 14.4. The van der Waals surface area contributed by atoms with Crippen LogP contribution in [-0.4, -0.2) is 22.3 Å². The minimum Gasteiger partial charge on any atom is -0.342 e. The van der Waals surface area contributed by atoms with Crippen molar-refractivity contribution in [2.75, 3.05) is 11.6 Å². The van der Waals surface area contributed by atoms with E-state index in [0.29, 0.717) is 6.04 Å². The number of nitrogens with one attached hydrogen (secondary N) is 1. The summed E-state index contributed by atoms with van der Waals surface area (Å²) in [7, 11) is 0. The molecule has 1 saturated carbocycles. The van der Waals surface area contributed by atoms with Gasteiger partial charge in [0.05, 0.1) is 0 Å². The molecule has 0 unspecified atom stereocenters. The van der Waals surface area contributed by atoms with Gasteiger partial charge in [0.2, 0.25) is 0 Å². The molecule has 5 heteroatoms. The number of hydrogen-bond acceptors (Lipinski definition) is 2. The van der Waals surface area contributed by atoms with E-state index in [2.05, 4.69) is 46.8 Å². The number of thiocarbonyl (C=S) groups is 1. The van der Waals surface area contributed by atoms with E-state index < -0.39 is 0 Å². The van der Waals surface area contributed by atoms with Crippen LogP contribution in [0, 0.1) is 0 Å². The van der Waals surface area contributed by atoms with Gasteiger partial charge in [0.1, 0.15) is 0 Å². The van der Waals surface area contributed by atoms with Crippen molar-refractivity contribution in [3.05, 3.63) is 59.1 Å². The maximum atomic E-state index is 6.39. The van der Waals surface area contributed by atoms with E-state index in [9.17, 15) is 0 Å². The molecule has 0 amide bonds. The number of halogens is 1. The Kier molecular flexibility index (Phi) is 6.63. The summed E-state index contributed by atoms with van der Waals surface area (Å²) in [4.78, 5) is 3.54. The molecule has 132 valence electrons. The van der Waals surface area contributed by atoms with Gasteiger partial charge in [-0.25, -0.2) is 0 Å². The quantitative estimate of drug-likeness (QED) is 0.482. The minimum atomic E-state index is 0.486. The van der Waals surface area contributed by atoms with Gasteiger partial charge in [-0.1, -0.05) is 48.7 Å². The number of benzene rings is 2. The topological polar surface area (TPSA) is 15.3 Å². The van der Waals surface area contributed by atoms with Crippen molar-refractivity contribution in [2.24, 2.45) is 0 Å². The van der Waals surface area contributed by atoms with Crippen LogP contribution in [0.5, 0.6) is 0 Å². The molecule has 0 aliphatic heterocycles. The van der Waals surface area contributed by atoms with Crippen molar-refractivity contribution in [1.29, 1.82) is 0 Å². The molecule has 1 fully saturated rings. The normalized spacial score (nSPS) is 14.5. The van der Waals surface area contributed by atoms with Crippen LogP contribution in [0.15, 0.2) is 53.4 Å². The van der Waals surface area contributed by atoms with Crippen LogP contribution in [0.1, 0.15) is 31.2 Å². The molecule has 0 heterocycles. The lowest BCUT2D eigenvalue weighted by atomic mass is 10.1.